The van der Waals surface area contributed by atoms with Crippen LogP contribution in [0.4, 0.5) is 0 Å². The lowest BCUT2D eigenvalue weighted by atomic mass is 10.0. The van der Waals surface area contributed by atoms with Gasteiger partial charge >= 0.3 is 0 Å². The Kier molecular flexibility index (Phi) is 7.94. The van der Waals surface area contributed by atoms with Crippen molar-refractivity contribution in [2.45, 2.75) is 51.9 Å². The summed E-state index contributed by atoms with van der Waals surface area (Å²) < 4.78 is 5.71. The molecule has 1 N–H and O–H groups in total. The van der Waals surface area contributed by atoms with E-state index in [1.54, 1.807) is 0 Å². The Morgan fingerprint density at radius 3 is 2.80 bits per heavy atom. The lowest BCUT2D eigenvalue weighted by molar-refractivity contribution is 0.0869. The zero-order valence-electron chi connectivity index (χ0n) is 10.3. The molecule has 1 unspecified atom stereocenters. The molecule has 1 atom stereocenters. The van der Waals surface area contributed by atoms with Gasteiger partial charge in [-0.1, -0.05) is 32.6 Å². The molecule has 1 aliphatic rings. The molecule has 2 heteroatoms. The van der Waals surface area contributed by atoms with E-state index in [-0.39, 0.29) is 0 Å². The van der Waals surface area contributed by atoms with Gasteiger partial charge in [-0.05, 0) is 31.7 Å². The van der Waals surface area contributed by atoms with E-state index in [2.05, 4.69) is 12.2 Å². The van der Waals surface area contributed by atoms with Gasteiger partial charge in [0.2, 0.25) is 0 Å². The summed E-state index contributed by atoms with van der Waals surface area (Å²) in [6, 6.07) is 0. The molecule has 1 fully saturated rings. The molecule has 0 radical (unpaired) electrons. The zero-order chi connectivity index (χ0) is 10.8. The predicted molar refractivity (Wildman–Crippen MR) is 65.2 cm³/mol. The van der Waals surface area contributed by atoms with Crippen LogP contribution in [-0.2, 0) is 4.74 Å². The fourth-order valence-electron chi connectivity index (χ4n) is 2.12. The number of nitrogens with one attached hydrogen (secondary N) is 1. The third-order valence-electron chi connectivity index (χ3n) is 3.14. The number of rotatable bonds is 8. The molecular formula is C13H27NO. The van der Waals surface area contributed by atoms with Crippen molar-refractivity contribution in [1.29, 1.82) is 0 Å². The summed E-state index contributed by atoms with van der Waals surface area (Å²) in [5.41, 5.74) is 0. The molecule has 0 saturated carbocycles. The highest BCUT2D eigenvalue weighted by Gasteiger charge is 2.12. The van der Waals surface area contributed by atoms with Crippen molar-refractivity contribution in [2.75, 3.05) is 26.3 Å². The fourth-order valence-corrected chi connectivity index (χ4v) is 2.12. The molecule has 2 nitrogen and oxygen atoms in total. The molecule has 1 heterocycles. The maximum atomic E-state index is 5.71. The maximum Gasteiger partial charge on any atom is 0.0506 e. The van der Waals surface area contributed by atoms with Crippen molar-refractivity contribution in [1.82, 2.24) is 5.32 Å². The van der Waals surface area contributed by atoms with Crippen LogP contribution in [0.5, 0.6) is 0 Å². The van der Waals surface area contributed by atoms with Crippen molar-refractivity contribution in [3.8, 4) is 0 Å². The largest absolute Gasteiger partial charge is 0.381 e. The molecule has 0 aromatic rings. The van der Waals surface area contributed by atoms with Gasteiger partial charge in [-0.3, -0.25) is 0 Å². The van der Waals surface area contributed by atoms with E-state index >= 15 is 0 Å². The first-order valence-electron chi connectivity index (χ1n) is 6.72. The maximum absolute atomic E-state index is 5.71. The molecule has 0 amide bonds. The first-order chi connectivity index (χ1) is 7.43. The second kappa shape index (κ2) is 9.17. The highest BCUT2D eigenvalue weighted by atomic mass is 16.5. The minimum Gasteiger partial charge on any atom is -0.381 e. The van der Waals surface area contributed by atoms with Crippen LogP contribution in [0, 0.1) is 5.92 Å². The number of piperidine rings is 1. The highest BCUT2D eigenvalue weighted by Crippen LogP contribution is 2.10. The van der Waals surface area contributed by atoms with Gasteiger partial charge in [0.15, 0.2) is 0 Å². The average Bonchev–Trinajstić information content (AvgIpc) is 2.29. The summed E-state index contributed by atoms with van der Waals surface area (Å²) in [6.07, 6.45) is 9.36. The van der Waals surface area contributed by atoms with E-state index in [1.807, 2.05) is 0 Å². The fraction of sp³-hybridized carbons (Fsp3) is 1.00. The van der Waals surface area contributed by atoms with Crippen LogP contribution >= 0.6 is 0 Å². The first-order valence-corrected chi connectivity index (χ1v) is 6.72. The SMILES string of the molecule is CCCCCCCOCC1CCCNC1. The molecule has 0 bridgehead atoms. The Balaban J connectivity index is 1.79. The molecule has 0 spiro atoms. The molecule has 15 heavy (non-hydrogen) atoms. The molecule has 0 aromatic heterocycles. The lowest BCUT2D eigenvalue weighted by Crippen LogP contribution is -2.32. The second-order valence-corrected chi connectivity index (χ2v) is 4.70. The Hall–Kier alpha value is -0.0800. The van der Waals surface area contributed by atoms with Gasteiger partial charge in [0.1, 0.15) is 0 Å². The Morgan fingerprint density at radius 1 is 1.20 bits per heavy atom. The quantitative estimate of drug-likeness (QED) is 0.626. The van der Waals surface area contributed by atoms with Crippen LogP contribution in [0.25, 0.3) is 0 Å². The van der Waals surface area contributed by atoms with Gasteiger partial charge in [-0.25, -0.2) is 0 Å². The van der Waals surface area contributed by atoms with Gasteiger partial charge in [0.05, 0.1) is 6.61 Å². The molecular weight excluding hydrogens is 186 g/mol. The number of unbranched alkanes of at least 4 members (excludes halogenated alkanes) is 4. The van der Waals surface area contributed by atoms with E-state index < -0.39 is 0 Å². The molecule has 1 saturated heterocycles. The van der Waals surface area contributed by atoms with E-state index in [0.29, 0.717) is 0 Å². The topological polar surface area (TPSA) is 21.3 Å². The van der Waals surface area contributed by atoms with Crippen LogP contribution < -0.4 is 5.32 Å². The van der Waals surface area contributed by atoms with Crippen molar-refractivity contribution in [2.24, 2.45) is 5.92 Å². The second-order valence-electron chi connectivity index (χ2n) is 4.70. The van der Waals surface area contributed by atoms with Gasteiger partial charge in [0.25, 0.3) is 0 Å². The normalized spacial score (nSPS) is 21.8. The minimum atomic E-state index is 0.773. The summed E-state index contributed by atoms with van der Waals surface area (Å²) in [6.45, 7) is 6.57. The van der Waals surface area contributed by atoms with Crippen molar-refractivity contribution in [3.63, 3.8) is 0 Å². The van der Waals surface area contributed by atoms with Gasteiger partial charge in [0, 0.05) is 13.2 Å². The third-order valence-corrected chi connectivity index (χ3v) is 3.14. The smallest absolute Gasteiger partial charge is 0.0506 e. The van der Waals surface area contributed by atoms with E-state index in [9.17, 15) is 0 Å². The summed E-state index contributed by atoms with van der Waals surface area (Å²) >= 11 is 0. The molecule has 90 valence electrons. The molecule has 0 aliphatic carbocycles. The van der Waals surface area contributed by atoms with Gasteiger partial charge in [-0.15, -0.1) is 0 Å². The summed E-state index contributed by atoms with van der Waals surface area (Å²) in [4.78, 5) is 0. The van der Waals surface area contributed by atoms with Crippen LogP contribution in [-0.4, -0.2) is 26.3 Å². The summed E-state index contributed by atoms with van der Waals surface area (Å²) in [5, 5.41) is 3.42. The third kappa shape index (κ3) is 6.91. The molecule has 1 rings (SSSR count). The Labute approximate surface area is 94.8 Å². The monoisotopic (exact) mass is 213 g/mol. The van der Waals surface area contributed by atoms with Gasteiger partial charge in [-0.2, -0.15) is 0 Å². The average molecular weight is 213 g/mol. The number of hydrogen-bond donors (Lipinski definition) is 1. The highest BCUT2D eigenvalue weighted by molar-refractivity contribution is 4.67. The standard InChI is InChI=1S/C13H27NO/c1-2-3-4-5-6-10-15-12-13-8-7-9-14-11-13/h13-14H,2-12H2,1H3. The molecule has 0 aromatic carbocycles. The van der Waals surface area contributed by atoms with Gasteiger partial charge < -0.3 is 10.1 Å². The van der Waals surface area contributed by atoms with E-state index in [0.717, 1.165) is 25.7 Å². The summed E-state index contributed by atoms with van der Waals surface area (Å²) in [7, 11) is 0. The van der Waals surface area contributed by atoms with Crippen LogP contribution in [0.2, 0.25) is 0 Å². The Morgan fingerprint density at radius 2 is 2.07 bits per heavy atom. The van der Waals surface area contributed by atoms with Crippen molar-refractivity contribution >= 4 is 0 Å². The summed E-state index contributed by atoms with van der Waals surface area (Å²) in [5.74, 6) is 0.773. The van der Waals surface area contributed by atoms with Crippen LogP contribution in [0.3, 0.4) is 0 Å². The number of hydrogen-bond acceptors (Lipinski definition) is 2. The van der Waals surface area contributed by atoms with E-state index in [4.69, 9.17) is 4.74 Å². The lowest BCUT2D eigenvalue weighted by Gasteiger charge is -2.22. The van der Waals surface area contributed by atoms with Crippen molar-refractivity contribution in [3.05, 3.63) is 0 Å². The predicted octanol–water partition coefficient (Wildman–Crippen LogP) is 2.97. The number of ether oxygens (including phenoxy) is 1. The van der Waals surface area contributed by atoms with Crippen molar-refractivity contribution < 1.29 is 4.74 Å². The van der Waals surface area contributed by atoms with Crippen LogP contribution in [0.15, 0.2) is 0 Å². The minimum absolute atomic E-state index is 0.773. The Bertz CT molecular complexity index is 132. The van der Waals surface area contributed by atoms with Crippen LogP contribution in [0.1, 0.15) is 51.9 Å². The molecule has 1 aliphatic heterocycles. The first kappa shape index (κ1) is 13.0. The zero-order valence-corrected chi connectivity index (χ0v) is 10.3. The van der Waals surface area contributed by atoms with E-state index in [1.165, 1.54) is 51.5 Å².